The molecule has 1 saturated carbocycles. The zero-order valence-electron chi connectivity index (χ0n) is 12.3. The molecule has 0 bridgehead atoms. The second-order valence-electron chi connectivity index (χ2n) is 6.74. The SMILES string of the molecule is C1COCC(NCC2CCN(C3CCCC3)CC2)C1. The van der Waals surface area contributed by atoms with Gasteiger partial charge in [0.25, 0.3) is 0 Å². The first-order valence-corrected chi connectivity index (χ1v) is 8.47. The molecule has 110 valence electrons. The van der Waals surface area contributed by atoms with Crippen molar-refractivity contribution in [3.8, 4) is 0 Å². The van der Waals surface area contributed by atoms with Gasteiger partial charge in [0.05, 0.1) is 6.61 Å². The molecule has 1 aliphatic carbocycles. The van der Waals surface area contributed by atoms with Crippen molar-refractivity contribution in [3.05, 3.63) is 0 Å². The summed E-state index contributed by atoms with van der Waals surface area (Å²) in [7, 11) is 0. The van der Waals surface area contributed by atoms with Crippen LogP contribution in [0.1, 0.15) is 51.4 Å². The van der Waals surface area contributed by atoms with E-state index in [1.807, 2.05) is 0 Å². The Kier molecular flexibility index (Phi) is 5.14. The minimum atomic E-state index is 0.626. The maximum atomic E-state index is 5.54. The summed E-state index contributed by atoms with van der Waals surface area (Å²) in [5.41, 5.74) is 0. The quantitative estimate of drug-likeness (QED) is 0.846. The van der Waals surface area contributed by atoms with Gasteiger partial charge < -0.3 is 15.0 Å². The van der Waals surface area contributed by atoms with Crippen LogP contribution in [0, 0.1) is 5.92 Å². The fourth-order valence-corrected chi connectivity index (χ4v) is 4.03. The van der Waals surface area contributed by atoms with Gasteiger partial charge in [0.2, 0.25) is 0 Å². The molecule has 0 aromatic rings. The van der Waals surface area contributed by atoms with E-state index in [-0.39, 0.29) is 0 Å². The van der Waals surface area contributed by atoms with Gasteiger partial charge in [-0.2, -0.15) is 0 Å². The lowest BCUT2D eigenvalue weighted by Gasteiger charge is -2.36. The van der Waals surface area contributed by atoms with E-state index in [1.54, 1.807) is 0 Å². The first-order chi connectivity index (χ1) is 9.42. The normalized spacial score (nSPS) is 31.9. The molecule has 3 heteroatoms. The van der Waals surface area contributed by atoms with Gasteiger partial charge in [0, 0.05) is 18.7 Å². The highest BCUT2D eigenvalue weighted by Gasteiger charge is 2.27. The van der Waals surface area contributed by atoms with Gasteiger partial charge in [-0.25, -0.2) is 0 Å². The number of hydrogen-bond donors (Lipinski definition) is 1. The van der Waals surface area contributed by atoms with Crippen LogP contribution in [0.5, 0.6) is 0 Å². The zero-order chi connectivity index (χ0) is 12.9. The second kappa shape index (κ2) is 7.05. The predicted molar refractivity (Wildman–Crippen MR) is 78.4 cm³/mol. The van der Waals surface area contributed by atoms with Crippen molar-refractivity contribution in [1.29, 1.82) is 0 Å². The minimum Gasteiger partial charge on any atom is -0.380 e. The fraction of sp³-hybridized carbons (Fsp3) is 1.00. The average Bonchev–Trinajstić information content (AvgIpc) is 3.01. The topological polar surface area (TPSA) is 24.5 Å². The van der Waals surface area contributed by atoms with Gasteiger partial charge in [-0.1, -0.05) is 12.8 Å². The van der Waals surface area contributed by atoms with E-state index in [2.05, 4.69) is 10.2 Å². The summed E-state index contributed by atoms with van der Waals surface area (Å²) in [4.78, 5) is 2.77. The largest absolute Gasteiger partial charge is 0.380 e. The highest BCUT2D eigenvalue weighted by atomic mass is 16.5. The third-order valence-corrected chi connectivity index (χ3v) is 5.35. The summed E-state index contributed by atoms with van der Waals surface area (Å²) in [5.74, 6) is 0.902. The van der Waals surface area contributed by atoms with Crippen molar-refractivity contribution in [2.24, 2.45) is 5.92 Å². The molecule has 3 aliphatic rings. The monoisotopic (exact) mass is 266 g/mol. The Bertz CT molecular complexity index is 251. The predicted octanol–water partition coefficient (Wildman–Crippen LogP) is 2.41. The van der Waals surface area contributed by atoms with Crippen LogP contribution in [0.2, 0.25) is 0 Å². The number of rotatable bonds is 4. The summed E-state index contributed by atoms with van der Waals surface area (Å²) >= 11 is 0. The Morgan fingerprint density at radius 2 is 1.74 bits per heavy atom. The number of nitrogens with one attached hydrogen (secondary N) is 1. The summed E-state index contributed by atoms with van der Waals surface area (Å²) in [5, 5.41) is 3.73. The zero-order valence-corrected chi connectivity index (χ0v) is 12.3. The van der Waals surface area contributed by atoms with Gasteiger partial charge in [-0.15, -0.1) is 0 Å². The number of hydrogen-bond acceptors (Lipinski definition) is 3. The molecule has 1 N–H and O–H groups in total. The van der Waals surface area contributed by atoms with E-state index in [9.17, 15) is 0 Å². The van der Waals surface area contributed by atoms with E-state index in [4.69, 9.17) is 4.74 Å². The van der Waals surface area contributed by atoms with E-state index in [0.717, 1.165) is 25.2 Å². The van der Waals surface area contributed by atoms with Crippen molar-refractivity contribution in [3.63, 3.8) is 0 Å². The average molecular weight is 266 g/mol. The van der Waals surface area contributed by atoms with E-state index >= 15 is 0 Å². The Balaban J connectivity index is 1.33. The summed E-state index contributed by atoms with van der Waals surface area (Å²) in [6.45, 7) is 5.81. The number of nitrogens with zero attached hydrogens (tertiary/aromatic N) is 1. The van der Waals surface area contributed by atoms with E-state index < -0.39 is 0 Å². The molecule has 2 saturated heterocycles. The summed E-state index contributed by atoms with van der Waals surface area (Å²) < 4.78 is 5.54. The van der Waals surface area contributed by atoms with Gasteiger partial charge >= 0.3 is 0 Å². The maximum absolute atomic E-state index is 5.54. The van der Waals surface area contributed by atoms with Crippen LogP contribution in [-0.2, 0) is 4.74 Å². The summed E-state index contributed by atoms with van der Waals surface area (Å²) in [6.07, 6.45) is 11.2. The third kappa shape index (κ3) is 3.93. The fourth-order valence-electron chi connectivity index (χ4n) is 4.03. The lowest BCUT2D eigenvalue weighted by atomic mass is 9.95. The van der Waals surface area contributed by atoms with Crippen LogP contribution in [0.3, 0.4) is 0 Å². The first kappa shape index (κ1) is 13.8. The van der Waals surface area contributed by atoms with E-state index in [1.165, 1.54) is 71.0 Å². The molecule has 1 unspecified atom stereocenters. The van der Waals surface area contributed by atoms with E-state index in [0.29, 0.717) is 6.04 Å². The molecule has 0 radical (unpaired) electrons. The highest BCUT2D eigenvalue weighted by Crippen LogP contribution is 2.27. The Morgan fingerprint density at radius 1 is 0.947 bits per heavy atom. The van der Waals surface area contributed by atoms with Crippen LogP contribution >= 0.6 is 0 Å². The Labute approximate surface area is 118 Å². The van der Waals surface area contributed by atoms with Gasteiger partial charge in [0.15, 0.2) is 0 Å². The Morgan fingerprint density at radius 3 is 2.42 bits per heavy atom. The number of ether oxygens (including phenoxy) is 1. The maximum Gasteiger partial charge on any atom is 0.0619 e. The Hall–Kier alpha value is -0.120. The van der Waals surface area contributed by atoms with Crippen molar-refractivity contribution in [2.45, 2.75) is 63.5 Å². The van der Waals surface area contributed by atoms with Crippen LogP contribution in [0.25, 0.3) is 0 Å². The molecule has 3 nitrogen and oxygen atoms in total. The smallest absolute Gasteiger partial charge is 0.0619 e. The van der Waals surface area contributed by atoms with Gasteiger partial charge in [-0.05, 0) is 64.1 Å². The first-order valence-electron chi connectivity index (χ1n) is 8.47. The van der Waals surface area contributed by atoms with Crippen LogP contribution in [-0.4, -0.2) is 49.8 Å². The molecule has 0 amide bonds. The lowest BCUT2D eigenvalue weighted by Crippen LogP contribution is -2.44. The second-order valence-corrected chi connectivity index (χ2v) is 6.74. The standard InChI is InChI=1S/C16H30N2O/c1-2-6-16(5-1)18-9-7-14(8-10-18)12-17-15-4-3-11-19-13-15/h14-17H,1-13H2. The molecule has 0 aromatic carbocycles. The number of likely N-dealkylation sites (tertiary alicyclic amines) is 1. The molecular formula is C16H30N2O. The molecule has 19 heavy (non-hydrogen) atoms. The van der Waals surface area contributed by atoms with Gasteiger partial charge in [-0.3, -0.25) is 0 Å². The molecule has 3 fully saturated rings. The molecule has 2 heterocycles. The van der Waals surface area contributed by atoms with Crippen molar-refractivity contribution >= 4 is 0 Å². The lowest BCUT2D eigenvalue weighted by molar-refractivity contribution is 0.0660. The molecule has 0 aromatic heterocycles. The summed E-state index contributed by atoms with van der Waals surface area (Å²) in [6, 6.07) is 1.56. The highest BCUT2D eigenvalue weighted by molar-refractivity contribution is 4.83. The van der Waals surface area contributed by atoms with Crippen LogP contribution in [0.4, 0.5) is 0 Å². The van der Waals surface area contributed by atoms with Crippen molar-refractivity contribution < 1.29 is 4.74 Å². The molecule has 2 aliphatic heterocycles. The molecule has 1 atom stereocenters. The van der Waals surface area contributed by atoms with Crippen LogP contribution < -0.4 is 5.32 Å². The molecular weight excluding hydrogens is 236 g/mol. The van der Waals surface area contributed by atoms with Crippen molar-refractivity contribution in [1.82, 2.24) is 10.2 Å². The molecule has 0 spiro atoms. The minimum absolute atomic E-state index is 0.626. The van der Waals surface area contributed by atoms with Crippen molar-refractivity contribution in [2.75, 3.05) is 32.8 Å². The third-order valence-electron chi connectivity index (χ3n) is 5.35. The molecule has 3 rings (SSSR count). The number of piperidine rings is 1. The van der Waals surface area contributed by atoms with Crippen LogP contribution in [0.15, 0.2) is 0 Å². The van der Waals surface area contributed by atoms with Gasteiger partial charge in [0.1, 0.15) is 0 Å².